The van der Waals surface area contributed by atoms with Gasteiger partial charge in [-0.3, -0.25) is 4.90 Å². The molecular formula is C12H24N4. The standard InChI is InChI=1S/C12H24N4/c1-11(6-8-14(2)3)16(5)10-12-13-7-9-15(12)4/h7,9,11H,6,8,10H2,1-5H3. The second-order valence-electron chi connectivity index (χ2n) is 4.81. The first kappa shape index (κ1) is 13.2. The number of hydrogen-bond donors (Lipinski definition) is 0. The molecule has 0 aromatic carbocycles. The van der Waals surface area contributed by atoms with Crippen LogP contribution >= 0.6 is 0 Å². The van der Waals surface area contributed by atoms with Crippen molar-refractivity contribution in [3.8, 4) is 0 Å². The maximum atomic E-state index is 4.34. The quantitative estimate of drug-likeness (QED) is 0.725. The average Bonchev–Trinajstić information content (AvgIpc) is 2.60. The summed E-state index contributed by atoms with van der Waals surface area (Å²) >= 11 is 0. The van der Waals surface area contributed by atoms with E-state index >= 15 is 0 Å². The Bertz CT molecular complexity index is 306. The summed E-state index contributed by atoms with van der Waals surface area (Å²) in [4.78, 5) is 8.92. The van der Waals surface area contributed by atoms with Crippen molar-refractivity contribution in [1.82, 2.24) is 19.4 Å². The van der Waals surface area contributed by atoms with Crippen molar-refractivity contribution in [1.29, 1.82) is 0 Å². The minimum Gasteiger partial charge on any atom is -0.337 e. The van der Waals surface area contributed by atoms with Gasteiger partial charge in [0.15, 0.2) is 0 Å². The van der Waals surface area contributed by atoms with Crippen LogP contribution in [0.15, 0.2) is 12.4 Å². The Morgan fingerprint density at radius 1 is 1.38 bits per heavy atom. The highest BCUT2D eigenvalue weighted by Gasteiger charge is 2.11. The number of aryl methyl sites for hydroxylation is 1. The Morgan fingerprint density at radius 3 is 2.56 bits per heavy atom. The number of hydrogen-bond acceptors (Lipinski definition) is 3. The third kappa shape index (κ3) is 3.94. The van der Waals surface area contributed by atoms with E-state index in [4.69, 9.17) is 0 Å². The SMILES string of the molecule is CC(CCN(C)C)N(C)Cc1nccn1C. The molecule has 4 heteroatoms. The van der Waals surface area contributed by atoms with Gasteiger partial charge in [0.2, 0.25) is 0 Å². The fourth-order valence-corrected chi connectivity index (χ4v) is 1.59. The van der Waals surface area contributed by atoms with Crippen LogP contribution in [0.4, 0.5) is 0 Å². The summed E-state index contributed by atoms with van der Waals surface area (Å²) in [6, 6.07) is 0.582. The van der Waals surface area contributed by atoms with Crippen LogP contribution in [0.5, 0.6) is 0 Å². The van der Waals surface area contributed by atoms with Crippen LogP contribution in [-0.4, -0.2) is 53.1 Å². The van der Waals surface area contributed by atoms with Gasteiger partial charge >= 0.3 is 0 Å². The van der Waals surface area contributed by atoms with Crippen molar-refractivity contribution >= 4 is 0 Å². The van der Waals surface area contributed by atoms with Crippen LogP contribution in [0.3, 0.4) is 0 Å². The zero-order chi connectivity index (χ0) is 12.1. The molecule has 0 bridgehead atoms. The fraction of sp³-hybridized carbons (Fsp3) is 0.750. The minimum atomic E-state index is 0.582. The van der Waals surface area contributed by atoms with Crippen LogP contribution < -0.4 is 0 Å². The molecule has 0 aliphatic heterocycles. The first-order valence-electron chi connectivity index (χ1n) is 5.82. The molecule has 0 amide bonds. The van der Waals surface area contributed by atoms with Gasteiger partial charge in [0.25, 0.3) is 0 Å². The molecule has 1 heterocycles. The van der Waals surface area contributed by atoms with Crippen molar-refractivity contribution in [3.05, 3.63) is 18.2 Å². The number of nitrogens with zero attached hydrogens (tertiary/aromatic N) is 4. The van der Waals surface area contributed by atoms with Gasteiger partial charge in [0, 0.05) is 25.5 Å². The molecule has 0 saturated heterocycles. The van der Waals surface area contributed by atoms with Crippen LogP contribution in [0.1, 0.15) is 19.2 Å². The largest absolute Gasteiger partial charge is 0.337 e. The second kappa shape index (κ2) is 6.01. The summed E-state index contributed by atoms with van der Waals surface area (Å²) in [6.45, 7) is 4.32. The van der Waals surface area contributed by atoms with Gasteiger partial charge in [-0.15, -0.1) is 0 Å². The molecule has 0 N–H and O–H groups in total. The predicted octanol–water partition coefficient (Wildman–Crippen LogP) is 1.19. The Balaban J connectivity index is 2.40. The zero-order valence-electron chi connectivity index (χ0n) is 11.1. The van der Waals surface area contributed by atoms with Crippen molar-refractivity contribution in [2.45, 2.75) is 25.9 Å². The molecule has 0 fully saturated rings. The molecule has 0 radical (unpaired) electrons. The van der Waals surface area contributed by atoms with Gasteiger partial charge in [-0.2, -0.15) is 0 Å². The highest BCUT2D eigenvalue weighted by molar-refractivity contribution is 4.91. The van der Waals surface area contributed by atoms with Crippen molar-refractivity contribution < 1.29 is 0 Å². The topological polar surface area (TPSA) is 24.3 Å². The first-order valence-corrected chi connectivity index (χ1v) is 5.82. The highest BCUT2D eigenvalue weighted by Crippen LogP contribution is 2.06. The zero-order valence-corrected chi connectivity index (χ0v) is 11.1. The molecule has 0 saturated carbocycles. The maximum Gasteiger partial charge on any atom is 0.122 e. The summed E-state index contributed by atoms with van der Waals surface area (Å²) in [5.41, 5.74) is 0. The van der Waals surface area contributed by atoms with Gasteiger partial charge in [-0.05, 0) is 41.0 Å². The monoisotopic (exact) mass is 224 g/mol. The van der Waals surface area contributed by atoms with E-state index in [1.165, 1.54) is 6.42 Å². The molecule has 1 rings (SSSR count). The lowest BCUT2D eigenvalue weighted by molar-refractivity contribution is 0.214. The van der Waals surface area contributed by atoms with E-state index in [0.29, 0.717) is 6.04 Å². The Hall–Kier alpha value is -0.870. The van der Waals surface area contributed by atoms with Gasteiger partial charge in [0.05, 0.1) is 6.54 Å². The molecule has 1 aromatic heterocycles. The lowest BCUT2D eigenvalue weighted by Gasteiger charge is -2.25. The third-order valence-corrected chi connectivity index (χ3v) is 3.06. The van der Waals surface area contributed by atoms with Crippen LogP contribution in [-0.2, 0) is 13.6 Å². The van der Waals surface area contributed by atoms with Crippen molar-refractivity contribution in [2.75, 3.05) is 27.7 Å². The van der Waals surface area contributed by atoms with E-state index in [0.717, 1.165) is 18.9 Å². The highest BCUT2D eigenvalue weighted by atomic mass is 15.2. The molecule has 4 nitrogen and oxygen atoms in total. The third-order valence-electron chi connectivity index (χ3n) is 3.06. The van der Waals surface area contributed by atoms with Gasteiger partial charge in [-0.25, -0.2) is 4.98 Å². The molecule has 1 aromatic rings. The summed E-state index contributed by atoms with van der Waals surface area (Å²) in [5, 5.41) is 0. The molecule has 0 aliphatic rings. The van der Waals surface area contributed by atoms with E-state index in [9.17, 15) is 0 Å². The minimum absolute atomic E-state index is 0.582. The second-order valence-corrected chi connectivity index (χ2v) is 4.81. The van der Waals surface area contributed by atoms with Gasteiger partial charge in [0.1, 0.15) is 5.82 Å². The number of imidazole rings is 1. The van der Waals surface area contributed by atoms with Crippen molar-refractivity contribution in [3.63, 3.8) is 0 Å². The molecule has 1 atom stereocenters. The molecule has 0 aliphatic carbocycles. The van der Waals surface area contributed by atoms with Crippen LogP contribution in [0.25, 0.3) is 0 Å². The van der Waals surface area contributed by atoms with E-state index in [1.54, 1.807) is 0 Å². The normalized spacial score (nSPS) is 13.7. The molecule has 1 unspecified atom stereocenters. The Kier molecular flexibility index (Phi) is 4.96. The number of aromatic nitrogens is 2. The average molecular weight is 224 g/mol. The van der Waals surface area contributed by atoms with Gasteiger partial charge in [-0.1, -0.05) is 0 Å². The summed E-state index contributed by atoms with van der Waals surface area (Å²) in [7, 11) is 8.44. The van der Waals surface area contributed by atoms with Gasteiger partial charge < -0.3 is 9.47 Å². The first-order chi connectivity index (χ1) is 7.50. The predicted molar refractivity (Wildman–Crippen MR) is 67.3 cm³/mol. The Labute approximate surface area is 98.9 Å². The van der Waals surface area contributed by atoms with E-state index in [1.807, 2.05) is 19.4 Å². The smallest absolute Gasteiger partial charge is 0.122 e. The lowest BCUT2D eigenvalue weighted by Crippen LogP contribution is -2.32. The van der Waals surface area contributed by atoms with E-state index in [-0.39, 0.29) is 0 Å². The molecule has 92 valence electrons. The number of rotatable bonds is 6. The summed E-state index contributed by atoms with van der Waals surface area (Å²) < 4.78 is 2.08. The summed E-state index contributed by atoms with van der Waals surface area (Å²) in [5.74, 6) is 1.12. The summed E-state index contributed by atoms with van der Waals surface area (Å²) in [6.07, 6.45) is 5.04. The Morgan fingerprint density at radius 2 is 2.06 bits per heavy atom. The fourth-order valence-electron chi connectivity index (χ4n) is 1.59. The molecular weight excluding hydrogens is 200 g/mol. The van der Waals surface area contributed by atoms with Crippen LogP contribution in [0, 0.1) is 0 Å². The molecule has 16 heavy (non-hydrogen) atoms. The maximum absolute atomic E-state index is 4.34. The van der Waals surface area contributed by atoms with E-state index in [2.05, 4.69) is 47.4 Å². The van der Waals surface area contributed by atoms with Crippen molar-refractivity contribution in [2.24, 2.45) is 7.05 Å². The van der Waals surface area contributed by atoms with Crippen LogP contribution in [0.2, 0.25) is 0 Å². The molecule has 0 spiro atoms. The lowest BCUT2D eigenvalue weighted by atomic mass is 10.2. The van der Waals surface area contributed by atoms with E-state index < -0.39 is 0 Å².